The highest BCUT2D eigenvalue weighted by Gasteiger charge is 2.42. The topological polar surface area (TPSA) is 108 Å². The van der Waals surface area contributed by atoms with Crippen LogP contribution in [0.2, 0.25) is 0 Å². The molecule has 0 aliphatic carbocycles. The number of rotatable bonds is 9. The second-order valence-electron chi connectivity index (χ2n) is 7.49. The number of carbonyl (C=O) groups excluding carboxylic acids is 1. The zero-order valence-corrected chi connectivity index (χ0v) is 18.2. The lowest BCUT2D eigenvalue weighted by Gasteiger charge is -2.27. The molecular formula is C24H27N3O5. The molecule has 3 aromatic rings. The number of nitrogens with one attached hydrogen (secondary N) is 1. The smallest absolute Gasteiger partial charge is 0.273 e. The van der Waals surface area contributed by atoms with Gasteiger partial charge in [0.05, 0.1) is 12.6 Å². The van der Waals surface area contributed by atoms with Gasteiger partial charge in [-0.1, -0.05) is 18.2 Å². The van der Waals surface area contributed by atoms with Crippen LogP contribution in [0.3, 0.4) is 0 Å². The summed E-state index contributed by atoms with van der Waals surface area (Å²) in [4.78, 5) is 15.1. The number of amides is 1. The van der Waals surface area contributed by atoms with E-state index in [0.717, 1.165) is 5.56 Å². The fourth-order valence-electron chi connectivity index (χ4n) is 4.11. The number of hydrogen-bond acceptors (Lipinski definition) is 6. The van der Waals surface area contributed by atoms with Crippen LogP contribution >= 0.6 is 0 Å². The minimum atomic E-state index is -0.452. The highest BCUT2D eigenvalue weighted by molar-refractivity contribution is 6.00. The first-order valence-electron chi connectivity index (χ1n) is 10.8. The van der Waals surface area contributed by atoms with E-state index >= 15 is 0 Å². The molecule has 0 bridgehead atoms. The van der Waals surface area contributed by atoms with Crippen molar-refractivity contribution < 1.29 is 24.5 Å². The number of nitrogens with zero attached hydrogens (tertiary/aromatic N) is 2. The molecular weight excluding hydrogens is 410 g/mol. The van der Waals surface area contributed by atoms with Crippen LogP contribution in [0.15, 0.2) is 42.5 Å². The maximum Gasteiger partial charge on any atom is 0.273 e. The Balaban J connectivity index is 1.81. The van der Waals surface area contributed by atoms with Crippen molar-refractivity contribution in [2.45, 2.75) is 26.3 Å². The third-order valence-electron chi connectivity index (χ3n) is 5.51. The molecule has 1 aliphatic rings. The molecule has 1 amide bonds. The number of para-hydroxylation sites is 1. The van der Waals surface area contributed by atoms with Gasteiger partial charge in [-0.3, -0.25) is 9.89 Å². The van der Waals surface area contributed by atoms with Gasteiger partial charge in [0.15, 0.2) is 11.5 Å². The Hall–Kier alpha value is -3.52. The molecule has 168 valence electrons. The highest BCUT2D eigenvalue weighted by atomic mass is 16.5. The van der Waals surface area contributed by atoms with Gasteiger partial charge in [0.1, 0.15) is 17.1 Å². The molecule has 4 rings (SSSR count). The number of H-pyrrole nitrogens is 1. The number of phenolic OH excluding ortho intramolecular Hbond substituents is 2. The number of carbonyl (C=O) groups is 1. The quantitative estimate of drug-likeness (QED) is 0.439. The Bertz CT molecular complexity index is 1110. The van der Waals surface area contributed by atoms with Crippen molar-refractivity contribution in [3.8, 4) is 28.5 Å². The summed E-state index contributed by atoms with van der Waals surface area (Å²) in [5, 5.41) is 27.9. The van der Waals surface area contributed by atoms with Crippen molar-refractivity contribution in [2.75, 3.05) is 26.4 Å². The number of aromatic hydroxyl groups is 2. The Labute approximate surface area is 186 Å². The fourth-order valence-corrected chi connectivity index (χ4v) is 4.11. The zero-order chi connectivity index (χ0) is 22.7. The van der Waals surface area contributed by atoms with Crippen LogP contribution in [-0.2, 0) is 4.74 Å². The molecule has 2 heterocycles. The summed E-state index contributed by atoms with van der Waals surface area (Å²) < 4.78 is 11.0. The van der Waals surface area contributed by atoms with E-state index in [0.29, 0.717) is 61.1 Å². The lowest BCUT2D eigenvalue weighted by molar-refractivity contribution is 0.0710. The van der Waals surface area contributed by atoms with E-state index in [1.807, 2.05) is 19.9 Å². The molecule has 8 nitrogen and oxygen atoms in total. The molecule has 1 atom stereocenters. The predicted molar refractivity (Wildman–Crippen MR) is 119 cm³/mol. The number of hydrogen-bond donors (Lipinski definition) is 3. The normalized spacial score (nSPS) is 15.2. The van der Waals surface area contributed by atoms with Crippen LogP contribution in [0.1, 0.15) is 47.9 Å². The van der Waals surface area contributed by atoms with Crippen molar-refractivity contribution in [3.63, 3.8) is 0 Å². The van der Waals surface area contributed by atoms with Crippen LogP contribution in [0.25, 0.3) is 11.3 Å². The maximum atomic E-state index is 13.3. The second kappa shape index (κ2) is 9.32. The monoisotopic (exact) mass is 437 g/mol. The summed E-state index contributed by atoms with van der Waals surface area (Å²) >= 11 is 0. The summed E-state index contributed by atoms with van der Waals surface area (Å²) in [6.07, 6.45) is 0.677. The third kappa shape index (κ3) is 3.89. The summed E-state index contributed by atoms with van der Waals surface area (Å²) in [7, 11) is 0. The van der Waals surface area contributed by atoms with Gasteiger partial charge >= 0.3 is 0 Å². The van der Waals surface area contributed by atoms with Crippen molar-refractivity contribution in [2.24, 2.45) is 0 Å². The number of phenols is 2. The first-order chi connectivity index (χ1) is 15.6. The van der Waals surface area contributed by atoms with Gasteiger partial charge in [-0.25, -0.2) is 0 Å². The zero-order valence-electron chi connectivity index (χ0n) is 18.2. The minimum absolute atomic E-state index is 0.0381. The van der Waals surface area contributed by atoms with Crippen LogP contribution in [0, 0.1) is 0 Å². The Kier molecular flexibility index (Phi) is 6.32. The Morgan fingerprint density at radius 3 is 2.66 bits per heavy atom. The Morgan fingerprint density at radius 2 is 1.91 bits per heavy atom. The number of fused-ring (bicyclic) bond motifs is 1. The average molecular weight is 437 g/mol. The first-order valence-corrected chi connectivity index (χ1v) is 10.8. The molecule has 0 fully saturated rings. The first kappa shape index (κ1) is 21.7. The summed E-state index contributed by atoms with van der Waals surface area (Å²) in [5.41, 5.74) is 2.95. The van der Waals surface area contributed by atoms with Gasteiger partial charge in [0, 0.05) is 30.9 Å². The van der Waals surface area contributed by atoms with Crippen molar-refractivity contribution >= 4 is 5.91 Å². The number of aromatic amines is 1. The molecule has 1 aromatic heterocycles. The third-order valence-corrected chi connectivity index (χ3v) is 5.51. The van der Waals surface area contributed by atoms with Gasteiger partial charge in [-0.15, -0.1) is 0 Å². The van der Waals surface area contributed by atoms with Crippen molar-refractivity contribution in [3.05, 3.63) is 59.3 Å². The van der Waals surface area contributed by atoms with Crippen LogP contribution in [0.4, 0.5) is 0 Å². The predicted octanol–water partition coefficient (Wildman–Crippen LogP) is 3.86. The number of aromatic nitrogens is 2. The SMILES string of the molecule is CCOCCCN1C(=O)c2[nH]nc(-c3ccccc3O)c2[C@@H]1c1ccc(O)c(OCC)c1. The largest absolute Gasteiger partial charge is 0.507 e. The molecule has 3 N–H and O–H groups in total. The van der Waals surface area contributed by atoms with Gasteiger partial charge in [-0.2, -0.15) is 5.10 Å². The second-order valence-corrected chi connectivity index (χ2v) is 7.49. The maximum absolute atomic E-state index is 13.3. The molecule has 2 aromatic carbocycles. The van der Waals surface area contributed by atoms with E-state index in [9.17, 15) is 15.0 Å². The highest BCUT2D eigenvalue weighted by Crippen LogP contribution is 2.45. The molecule has 1 aliphatic heterocycles. The standard InChI is InChI=1S/C24H27N3O5/c1-3-31-13-7-12-27-23(15-10-11-18(29)19(14-15)32-4-2)20-21(25-26-22(20)24(27)30)16-8-5-6-9-17(16)28/h5-6,8-11,14,23,28-29H,3-4,7,12-13H2,1-2H3,(H,25,26)/t23-/m0/s1. The van der Waals surface area contributed by atoms with E-state index in [1.165, 1.54) is 0 Å². The summed E-state index contributed by atoms with van der Waals surface area (Å²) in [6.45, 7) is 5.83. The summed E-state index contributed by atoms with van der Waals surface area (Å²) in [6, 6.07) is 11.6. The number of benzene rings is 2. The van der Waals surface area contributed by atoms with Crippen LogP contribution in [0.5, 0.6) is 17.2 Å². The molecule has 8 heteroatoms. The van der Waals surface area contributed by atoms with E-state index in [4.69, 9.17) is 9.47 Å². The van der Waals surface area contributed by atoms with E-state index in [-0.39, 0.29) is 17.4 Å². The van der Waals surface area contributed by atoms with Crippen LogP contribution in [-0.4, -0.2) is 57.6 Å². The van der Waals surface area contributed by atoms with Gasteiger partial charge in [-0.05, 0) is 50.1 Å². The molecule has 0 radical (unpaired) electrons. The molecule has 0 saturated carbocycles. The Morgan fingerprint density at radius 1 is 1.09 bits per heavy atom. The lowest BCUT2D eigenvalue weighted by atomic mass is 9.95. The summed E-state index contributed by atoms with van der Waals surface area (Å²) in [5.74, 6) is 0.314. The number of ether oxygens (including phenoxy) is 2. The van der Waals surface area contributed by atoms with Crippen molar-refractivity contribution in [1.29, 1.82) is 0 Å². The van der Waals surface area contributed by atoms with Crippen molar-refractivity contribution in [1.82, 2.24) is 15.1 Å². The van der Waals surface area contributed by atoms with Crippen LogP contribution < -0.4 is 4.74 Å². The molecule has 32 heavy (non-hydrogen) atoms. The van der Waals surface area contributed by atoms with Gasteiger partial charge < -0.3 is 24.6 Å². The van der Waals surface area contributed by atoms with E-state index in [1.54, 1.807) is 41.3 Å². The lowest BCUT2D eigenvalue weighted by Crippen LogP contribution is -2.31. The minimum Gasteiger partial charge on any atom is -0.507 e. The average Bonchev–Trinajstić information content (AvgIpc) is 3.33. The van der Waals surface area contributed by atoms with Gasteiger partial charge in [0.25, 0.3) is 5.91 Å². The van der Waals surface area contributed by atoms with E-state index in [2.05, 4.69) is 10.2 Å². The molecule has 0 saturated heterocycles. The van der Waals surface area contributed by atoms with E-state index < -0.39 is 6.04 Å². The fraction of sp³-hybridized carbons (Fsp3) is 0.333. The molecule has 0 spiro atoms. The van der Waals surface area contributed by atoms with Gasteiger partial charge in [0.2, 0.25) is 0 Å². The molecule has 0 unspecified atom stereocenters.